The maximum Gasteiger partial charge on any atom is 0.267 e. The molecule has 2 N–H and O–H groups in total. The first kappa shape index (κ1) is 17.7. The van der Waals surface area contributed by atoms with Crippen molar-refractivity contribution in [3.8, 4) is 5.75 Å². The summed E-state index contributed by atoms with van der Waals surface area (Å²) in [5.41, 5.74) is 2.67. The molecule has 4 heteroatoms. The SMILES string of the molecule is O=C(NC1CCCCCC1)c1cc2ccc(OCc3ccccc3)cc2[nH]1. The largest absolute Gasteiger partial charge is 0.489 e. The molecule has 3 aromatic rings. The first-order valence-corrected chi connectivity index (χ1v) is 9.88. The van der Waals surface area contributed by atoms with E-state index in [1.54, 1.807) is 0 Å². The Labute approximate surface area is 159 Å². The van der Waals surface area contributed by atoms with Crippen molar-refractivity contribution in [2.24, 2.45) is 0 Å². The number of hydrogen-bond acceptors (Lipinski definition) is 2. The van der Waals surface area contributed by atoms with Crippen molar-refractivity contribution in [2.45, 2.75) is 51.2 Å². The number of fused-ring (bicyclic) bond motifs is 1. The van der Waals surface area contributed by atoms with Gasteiger partial charge in [-0.25, -0.2) is 0 Å². The van der Waals surface area contributed by atoms with Crippen LogP contribution in [0, 0.1) is 0 Å². The van der Waals surface area contributed by atoms with Crippen LogP contribution in [-0.4, -0.2) is 16.9 Å². The fourth-order valence-corrected chi connectivity index (χ4v) is 3.75. The minimum atomic E-state index is -0.00939. The summed E-state index contributed by atoms with van der Waals surface area (Å²) in [5, 5.41) is 4.22. The van der Waals surface area contributed by atoms with Crippen LogP contribution in [0.3, 0.4) is 0 Å². The second kappa shape index (κ2) is 8.30. The van der Waals surface area contributed by atoms with E-state index >= 15 is 0 Å². The van der Waals surface area contributed by atoms with Crippen molar-refractivity contribution in [1.29, 1.82) is 0 Å². The second-order valence-corrected chi connectivity index (χ2v) is 7.37. The Morgan fingerprint density at radius 1 is 1.00 bits per heavy atom. The molecule has 0 unspecified atom stereocenters. The van der Waals surface area contributed by atoms with Gasteiger partial charge in [0.25, 0.3) is 5.91 Å². The van der Waals surface area contributed by atoms with E-state index < -0.39 is 0 Å². The maximum absolute atomic E-state index is 12.6. The third-order valence-electron chi connectivity index (χ3n) is 5.28. The van der Waals surface area contributed by atoms with Gasteiger partial charge in [-0.15, -0.1) is 0 Å². The smallest absolute Gasteiger partial charge is 0.267 e. The molecule has 4 nitrogen and oxygen atoms in total. The van der Waals surface area contributed by atoms with Crippen molar-refractivity contribution in [3.63, 3.8) is 0 Å². The van der Waals surface area contributed by atoms with Gasteiger partial charge in [0.15, 0.2) is 0 Å². The summed E-state index contributed by atoms with van der Waals surface area (Å²) in [6.45, 7) is 0.530. The number of amides is 1. The number of nitrogens with one attached hydrogen (secondary N) is 2. The number of hydrogen-bond donors (Lipinski definition) is 2. The topological polar surface area (TPSA) is 54.1 Å². The summed E-state index contributed by atoms with van der Waals surface area (Å²) in [7, 11) is 0. The number of aromatic amines is 1. The zero-order chi connectivity index (χ0) is 18.5. The average molecular weight is 362 g/mol. The highest BCUT2D eigenvalue weighted by Crippen LogP contribution is 2.23. The Morgan fingerprint density at radius 3 is 2.56 bits per heavy atom. The molecule has 2 aromatic carbocycles. The Kier molecular flexibility index (Phi) is 5.42. The molecular formula is C23H26N2O2. The molecule has 1 aliphatic rings. The molecule has 1 heterocycles. The fourth-order valence-electron chi connectivity index (χ4n) is 3.75. The maximum atomic E-state index is 12.6. The van der Waals surface area contributed by atoms with Crippen molar-refractivity contribution < 1.29 is 9.53 Å². The summed E-state index contributed by atoms with van der Waals surface area (Å²) < 4.78 is 5.88. The fraction of sp³-hybridized carbons (Fsp3) is 0.348. The van der Waals surface area contributed by atoms with Crippen LogP contribution in [0.25, 0.3) is 10.9 Å². The Hall–Kier alpha value is -2.75. The summed E-state index contributed by atoms with van der Waals surface area (Å²) in [6.07, 6.45) is 7.15. The second-order valence-electron chi connectivity index (χ2n) is 7.37. The van der Waals surface area contributed by atoms with Crippen LogP contribution in [0.5, 0.6) is 5.75 Å². The first-order chi connectivity index (χ1) is 13.3. The van der Waals surface area contributed by atoms with Crippen molar-refractivity contribution >= 4 is 16.8 Å². The van der Waals surface area contributed by atoms with Crippen LogP contribution in [0.2, 0.25) is 0 Å². The zero-order valence-corrected chi connectivity index (χ0v) is 15.5. The van der Waals surface area contributed by atoms with Crippen LogP contribution in [0.1, 0.15) is 54.6 Å². The summed E-state index contributed by atoms with van der Waals surface area (Å²) >= 11 is 0. The molecule has 1 aliphatic carbocycles. The van der Waals surface area contributed by atoms with Gasteiger partial charge in [-0.2, -0.15) is 0 Å². The Balaban J connectivity index is 1.43. The highest BCUT2D eigenvalue weighted by Gasteiger charge is 2.17. The molecule has 0 aliphatic heterocycles. The van der Waals surface area contributed by atoms with Gasteiger partial charge in [-0.3, -0.25) is 4.79 Å². The molecule has 1 aromatic heterocycles. The normalized spacial score (nSPS) is 15.4. The predicted molar refractivity (Wildman–Crippen MR) is 108 cm³/mol. The molecule has 1 fully saturated rings. The number of carbonyl (C=O) groups excluding carboxylic acids is 1. The van der Waals surface area contributed by atoms with Crippen LogP contribution in [0.15, 0.2) is 54.6 Å². The average Bonchev–Trinajstić information content (AvgIpc) is 2.96. The number of carbonyl (C=O) groups is 1. The standard InChI is InChI=1S/C23H26N2O2/c26-23(24-19-10-6-1-2-7-11-19)22-14-18-12-13-20(15-21(18)25-22)27-16-17-8-4-3-5-9-17/h3-5,8-9,12-15,19,25H,1-2,6-7,10-11,16H2,(H,24,26). The van der Waals surface area contributed by atoms with Crippen LogP contribution < -0.4 is 10.1 Å². The highest BCUT2D eigenvalue weighted by molar-refractivity contribution is 5.98. The lowest BCUT2D eigenvalue weighted by atomic mass is 10.1. The molecule has 0 saturated heterocycles. The van der Waals surface area contributed by atoms with Crippen molar-refractivity contribution in [2.75, 3.05) is 0 Å². The summed E-state index contributed by atoms with van der Waals surface area (Å²) in [5.74, 6) is 0.786. The lowest BCUT2D eigenvalue weighted by molar-refractivity contribution is 0.0929. The van der Waals surface area contributed by atoms with E-state index in [1.807, 2.05) is 54.6 Å². The lowest BCUT2D eigenvalue weighted by Gasteiger charge is -2.15. The van der Waals surface area contributed by atoms with E-state index in [1.165, 1.54) is 25.7 Å². The van der Waals surface area contributed by atoms with Gasteiger partial charge in [0.1, 0.15) is 18.1 Å². The molecule has 0 atom stereocenters. The molecule has 1 saturated carbocycles. The minimum absolute atomic E-state index is 0.00939. The molecular weight excluding hydrogens is 336 g/mol. The summed E-state index contributed by atoms with van der Waals surface area (Å²) in [4.78, 5) is 15.9. The van der Waals surface area contributed by atoms with Crippen molar-refractivity contribution in [1.82, 2.24) is 10.3 Å². The molecule has 1 amide bonds. The number of rotatable bonds is 5. The van der Waals surface area contributed by atoms with Gasteiger partial charge >= 0.3 is 0 Å². The number of aromatic nitrogens is 1. The quantitative estimate of drug-likeness (QED) is 0.613. The summed E-state index contributed by atoms with van der Waals surface area (Å²) in [6, 6.07) is 18.2. The van der Waals surface area contributed by atoms with Gasteiger partial charge in [-0.1, -0.05) is 56.0 Å². The number of H-pyrrole nitrogens is 1. The van der Waals surface area contributed by atoms with E-state index in [9.17, 15) is 4.79 Å². The Bertz CT molecular complexity index is 893. The van der Waals surface area contributed by atoms with E-state index in [0.29, 0.717) is 18.3 Å². The van der Waals surface area contributed by atoms with Gasteiger partial charge in [0, 0.05) is 23.0 Å². The lowest BCUT2D eigenvalue weighted by Crippen LogP contribution is -2.34. The molecule has 0 spiro atoms. The molecule has 27 heavy (non-hydrogen) atoms. The first-order valence-electron chi connectivity index (χ1n) is 9.88. The third-order valence-corrected chi connectivity index (χ3v) is 5.28. The van der Waals surface area contributed by atoms with Gasteiger partial charge in [0.05, 0.1) is 0 Å². The van der Waals surface area contributed by atoms with Gasteiger partial charge < -0.3 is 15.0 Å². The predicted octanol–water partition coefficient (Wildman–Crippen LogP) is 5.20. The highest BCUT2D eigenvalue weighted by atomic mass is 16.5. The van der Waals surface area contributed by atoms with Crippen molar-refractivity contribution in [3.05, 3.63) is 65.9 Å². The third kappa shape index (κ3) is 4.51. The van der Waals surface area contributed by atoms with Gasteiger partial charge in [-0.05, 0) is 36.6 Å². The van der Waals surface area contributed by atoms with E-state index in [0.717, 1.165) is 35.1 Å². The monoisotopic (exact) mass is 362 g/mol. The van der Waals surface area contributed by atoms with Crippen LogP contribution >= 0.6 is 0 Å². The zero-order valence-electron chi connectivity index (χ0n) is 15.5. The molecule has 4 rings (SSSR count). The Morgan fingerprint density at radius 2 is 1.78 bits per heavy atom. The van der Waals surface area contributed by atoms with Gasteiger partial charge in [0.2, 0.25) is 0 Å². The number of ether oxygens (including phenoxy) is 1. The molecule has 0 radical (unpaired) electrons. The number of benzene rings is 2. The van der Waals surface area contributed by atoms with E-state index in [-0.39, 0.29) is 5.91 Å². The molecule has 140 valence electrons. The molecule has 0 bridgehead atoms. The van der Waals surface area contributed by atoms with Crippen LogP contribution in [-0.2, 0) is 6.61 Å². The van der Waals surface area contributed by atoms with E-state index in [4.69, 9.17) is 4.74 Å². The van der Waals surface area contributed by atoms with E-state index in [2.05, 4.69) is 10.3 Å². The van der Waals surface area contributed by atoms with Crippen LogP contribution in [0.4, 0.5) is 0 Å². The minimum Gasteiger partial charge on any atom is -0.489 e.